The van der Waals surface area contributed by atoms with Crippen molar-refractivity contribution in [3.63, 3.8) is 0 Å². The number of hydrogen-bond acceptors (Lipinski definition) is 5. The van der Waals surface area contributed by atoms with Gasteiger partial charge in [0.15, 0.2) is 0 Å². The third-order valence-electron chi connectivity index (χ3n) is 8.89. The Balaban J connectivity index is 1.65. The minimum atomic E-state index is -0.565. The summed E-state index contributed by atoms with van der Waals surface area (Å²) in [7, 11) is 0. The van der Waals surface area contributed by atoms with Gasteiger partial charge in [0.25, 0.3) is 0 Å². The predicted octanol–water partition coefficient (Wildman–Crippen LogP) is 4.34. The maximum Gasteiger partial charge on any atom is 0.302 e. The van der Waals surface area contributed by atoms with Crippen LogP contribution in [0.4, 0.5) is 0 Å². The molecule has 0 radical (unpaired) electrons. The number of esters is 2. The average molecular weight is 417 g/mol. The van der Waals surface area contributed by atoms with Crippen molar-refractivity contribution >= 4 is 11.9 Å². The van der Waals surface area contributed by atoms with Gasteiger partial charge in [0.2, 0.25) is 0 Å². The zero-order valence-electron chi connectivity index (χ0n) is 18.9. The van der Waals surface area contributed by atoms with E-state index < -0.39 is 11.5 Å². The number of rotatable bonds is 3. The zero-order valence-corrected chi connectivity index (χ0v) is 18.9. The second-order valence-corrected chi connectivity index (χ2v) is 10.5. The molecule has 0 aliphatic heterocycles. The van der Waals surface area contributed by atoms with Gasteiger partial charge in [0.1, 0.15) is 12.2 Å². The molecule has 1 N–H and O–H groups in total. The van der Waals surface area contributed by atoms with Crippen LogP contribution >= 0.6 is 0 Å². The summed E-state index contributed by atoms with van der Waals surface area (Å²) in [4.78, 5) is 23.5. The van der Waals surface area contributed by atoms with Crippen molar-refractivity contribution in [3.8, 4) is 0 Å². The molecule has 0 aromatic heterocycles. The summed E-state index contributed by atoms with van der Waals surface area (Å²) >= 11 is 0. The topological polar surface area (TPSA) is 72.8 Å². The molecule has 0 amide bonds. The smallest absolute Gasteiger partial charge is 0.302 e. The lowest BCUT2D eigenvalue weighted by atomic mass is 9.45. The van der Waals surface area contributed by atoms with E-state index in [2.05, 4.69) is 26.0 Å². The van der Waals surface area contributed by atoms with Crippen molar-refractivity contribution in [1.82, 2.24) is 0 Å². The quantitative estimate of drug-likeness (QED) is 0.693. The van der Waals surface area contributed by atoms with Crippen molar-refractivity contribution in [2.24, 2.45) is 28.6 Å². The molecule has 0 heterocycles. The van der Waals surface area contributed by atoms with E-state index >= 15 is 0 Å². The third-order valence-corrected chi connectivity index (χ3v) is 8.89. The van der Waals surface area contributed by atoms with Crippen LogP contribution in [0.5, 0.6) is 0 Å². The Morgan fingerprint density at radius 1 is 1.07 bits per heavy atom. The Kier molecular flexibility index (Phi) is 5.41. The zero-order chi connectivity index (χ0) is 21.8. The standard InChI is InChI=1S/C25H36O5/c1-14(26)20-8-9-21-19-7-6-17-12-18(29-15(2)27)10-11-24(17,4)22(19)13-23(25(20,21)5)30-16(3)28/h8-9,14,17-19,22-23,26H,6-7,10-13H2,1-5H3/t14-,17+,18+,19+,22+,23-,24+,25-/m1/s1. The normalized spacial score (nSPS) is 43.3. The van der Waals surface area contributed by atoms with Crippen LogP contribution in [-0.2, 0) is 19.1 Å². The molecule has 8 atom stereocenters. The number of carbonyl (C=O) groups excluding carboxylic acids is 2. The van der Waals surface area contributed by atoms with Gasteiger partial charge in [0, 0.05) is 19.3 Å². The van der Waals surface area contributed by atoms with E-state index in [1.54, 1.807) is 6.92 Å². The van der Waals surface area contributed by atoms with Crippen LogP contribution in [0.15, 0.2) is 23.3 Å². The lowest BCUT2D eigenvalue weighted by Gasteiger charge is -2.60. The molecule has 3 saturated carbocycles. The maximum atomic E-state index is 12.0. The molecule has 5 nitrogen and oxygen atoms in total. The number of aliphatic hydroxyl groups is 1. The van der Waals surface area contributed by atoms with Crippen LogP contribution in [0.3, 0.4) is 0 Å². The maximum absolute atomic E-state index is 12.0. The third kappa shape index (κ3) is 3.24. The Morgan fingerprint density at radius 3 is 2.40 bits per heavy atom. The fraction of sp³-hybridized carbons (Fsp3) is 0.760. The fourth-order valence-corrected chi connectivity index (χ4v) is 7.48. The Bertz CT molecular complexity index is 795. The summed E-state index contributed by atoms with van der Waals surface area (Å²) in [5.41, 5.74) is 2.03. The predicted molar refractivity (Wildman–Crippen MR) is 113 cm³/mol. The lowest BCUT2D eigenvalue weighted by molar-refractivity contribution is -0.165. The fourth-order valence-electron chi connectivity index (χ4n) is 7.48. The van der Waals surface area contributed by atoms with Crippen LogP contribution in [0.1, 0.15) is 73.1 Å². The highest BCUT2D eigenvalue weighted by Gasteiger charge is 2.61. The Hall–Kier alpha value is -1.62. The van der Waals surface area contributed by atoms with Gasteiger partial charge < -0.3 is 14.6 Å². The molecule has 3 fully saturated rings. The number of carbonyl (C=O) groups is 2. The van der Waals surface area contributed by atoms with Crippen LogP contribution in [0.25, 0.3) is 0 Å². The van der Waals surface area contributed by atoms with Gasteiger partial charge in [-0.2, -0.15) is 0 Å². The van der Waals surface area contributed by atoms with Crippen LogP contribution < -0.4 is 0 Å². The number of hydrogen-bond donors (Lipinski definition) is 1. The van der Waals surface area contributed by atoms with Gasteiger partial charge in [-0.3, -0.25) is 9.59 Å². The van der Waals surface area contributed by atoms with E-state index in [1.165, 1.54) is 19.4 Å². The molecule has 0 unspecified atom stereocenters. The molecule has 5 heteroatoms. The van der Waals surface area contributed by atoms with Crippen molar-refractivity contribution in [2.75, 3.05) is 0 Å². The second-order valence-electron chi connectivity index (χ2n) is 10.5. The average Bonchev–Trinajstić information content (AvgIpc) is 3.01. The summed E-state index contributed by atoms with van der Waals surface area (Å²) in [6.07, 6.45) is 9.40. The van der Waals surface area contributed by atoms with E-state index in [9.17, 15) is 14.7 Å². The van der Waals surface area contributed by atoms with Crippen molar-refractivity contribution in [3.05, 3.63) is 23.3 Å². The molecular formula is C25H36O5. The summed E-state index contributed by atoms with van der Waals surface area (Å²) in [5, 5.41) is 10.5. The molecule has 0 saturated heterocycles. The summed E-state index contributed by atoms with van der Waals surface area (Å²) in [6, 6.07) is 0. The molecule has 4 aliphatic rings. The van der Waals surface area contributed by atoms with Crippen molar-refractivity contribution in [2.45, 2.75) is 91.5 Å². The van der Waals surface area contributed by atoms with E-state index in [0.29, 0.717) is 17.8 Å². The molecule has 30 heavy (non-hydrogen) atoms. The summed E-state index contributed by atoms with van der Waals surface area (Å²) < 4.78 is 11.5. The van der Waals surface area contributed by atoms with Crippen molar-refractivity contribution < 1.29 is 24.2 Å². The molecule has 0 aromatic rings. The minimum absolute atomic E-state index is 0.0319. The highest BCUT2D eigenvalue weighted by atomic mass is 16.5. The molecule has 4 rings (SSSR count). The lowest BCUT2D eigenvalue weighted by Crippen LogP contribution is -2.56. The first-order valence-electron chi connectivity index (χ1n) is 11.5. The van der Waals surface area contributed by atoms with Crippen LogP contribution in [0, 0.1) is 28.6 Å². The van der Waals surface area contributed by atoms with E-state index in [1.807, 2.05) is 0 Å². The molecule has 0 bridgehead atoms. The monoisotopic (exact) mass is 416 g/mol. The molecule has 0 aromatic carbocycles. The van der Waals surface area contributed by atoms with Gasteiger partial charge in [0.05, 0.1) is 6.10 Å². The number of allylic oxidation sites excluding steroid dienone is 2. The highest BCUT2D eigenvalue weighted by Crippen LogP contribution is 2.65. The Morgan fingerprint density at radius 2 is 1.77 bits per heavy atom. The highest BCUT2D eigenvalue weighted by molar-refractivity contribution is 5.67. The van der Waals surface area contributed by atoms with Gasteiger partial charge in [-0.1, -0.05) is 24.6 Å². The van der Waals surface area contributed by atoms with Gasteiger partial charge >= 0.3 is 11.9 Å². The van der Waals surface area contributed by atoms with Gasteiger partial charge in [-0.05, 0) is 81.1 Å². The van der Waals surface area contributed by atoms with E-state index in [4.69, 9.17) is 9.47 Å². The summed E-state index contributed by atoms with van der Waals surface area (Å²) in [6.45, 7) is 9.34. The first kappa shape index (κ1) is 21.6. The van der Waals surface area contributed by atoms with Gasteiger partial charge in [-0.15, -0.1) is 0 Å². The molecule has 166 valence electrons. The summed E-state index contributed by atoms with van der Waals surface area (Å²) in [5.74, 6) is 0.951. The minimum Gasteiger partial charge on any atom is -0.463 e. The Labute approximate surface area is 179 Å². The molecular weight excluding hydrogens is 380 g/mol. The largest absolute Gasteiger partial charge is 0.463 e. The van der Waals surface area contributed by atoms with Gasteiger partial charge in [-0.25, -0.2) is 0 Å². The van der Waals surface area contributed by atoms with E-state index in [-0.39, 0.29) is 29.6 Å². The SMILES string of the molecule is CC(=O)O[C@H]1CC[C@@]2(C)[C@@H](CC[C@H]3C4=CC=C([C@@H](C)O)[C@@]4(C)[C@H](OC(C)=O)C[C@@H]32)C1. The van der Waals surface area contributed by atoms with Crippen LogP contribution in [-0.4, -0.2) is 35.4 Å². The number of fused-ring (bicyclic) bond motifs is 5. The number of aliphatic hydroxyl groups excluding tert-OH is 1. The first-order chi connectivity index (χ1) is 14.1. The second kappa shape index (κ2) is 7.51. The van der Waals surface area contributed by atoms with E-state index in [0.717, 1.165) is 44.1 Å². The molecule has 0 spiro atoms. The molecule has 4 aliphatic carbocycles. The van der Waals surface area contributed by atoms with Crippen LogP contribution in [0.2, 0.25) is 0 Å². The first-order valence-corrected chi connectivity index (χ1v) is 11.5. The number of ether oxygens (including phenoxy) is 2. The van der Waals surface area contributed by atoms with Crippen molar-refractivity contribution in [1.29, 1.82) is 0 Å².